The predicted octanol–water partition coefficient (Wildman–Crippen LogP) is 3.05. The van der Waals surface area contributed by atoms with Gasteiger partial charge in [0.15, 0.2) is 0 Å². The quantitative estimate of drug-likeness (QED) is 0.351. The van der Waals surface area contributed by atoms with Crippen molar-refractivity contribution in [2.24, 2.45) is 0 Å². The molecule has 0 amide bonds. The Bertz CT molecular complexity index is 496. The zero-order valence-electron chi connectivity index (χ0n) is 9.22. The van der Waals surface area contributed by atoms with Gasteiger partial charge in [0.25, 0.3) is 0 Å². The second-order valence-electron chi connectivity index (χ2n) is 3.55. The molecule has 0 aliphatic rings. The molecule has 0 saturated carbocycles. The molecule has 112 valence electrons. The third-order valence-electron chi connectivity index (χ3n) is 2.12. The average Bonchev–Trinajstić information content (AvgIpc) is 2.24. The largest absolute Gasteiger partial charge is 0.437 e. The van der Waals surface area contributed by atoms with Crippen molar-refractivity contribution in [2.45, 2.75) is 18.0 Å². The molecule has 0 bridgehead atoms. The Balaban J connectivity index is 3.15. The van der Waals surface area contributed by atoms with E-state index in [4.69, 9.17) is 5.11 Å². The van der Waals surface area contributed by atoms with E-state index in [1.165, 1.54) is 12.1 Å². The van der Waals surface area contributed by atoms with Gasteiger partial charge in [0.05, 0.1) is 0 Å². The van der Waals surface area contributed by atoms with E-state index in [9.17, 15) is 31.1 Å². The molecule has 1 rings (SSSR count). The fourth-order valence-corrected chi connectivity index (χ4v) is 1.62. The van der Waals surface area contributed by atoms with Crippen LogP contribution in [0.4, 0.5) is 26.3 Å². The van der Waals surface area contributed by atoms with Crippen molar-refractivity contribution in [1.29, 1.82) is 0 Å². The Hall–Kier alpha value is -1.04. The summed E-state index contributed by atoms with van der Waals surface area (Å²) in [6, 6.07) is 4.74. The summed E-state index contributed by atoms with van der Waals surface area (Å²) >= 11 is 1.71. The van der Waals surface area contributed by atoms with Gasteiger partial charge >= 0.3 is 23.9 Å². The maximum atomic E-state index is 12.4. The minimum Gasteiger partial charge on any atom is -0.424 e. The zero-order valence-corrected chi connectivity index (χ0v) is 11.4. The van der Waals surface area contributed by atoms with Crippen LogP contribution in [0.15, 0.2) is 24.3 Å². The predicted molar refractivity (Wildman–Crippen MR) is 61.9 cm³/mol. The van der Waals surface area contributed by atoms with E-state index >= 15 is 0 Å². The van der Waals surface area contributed by atoms with Crippen LogP contribution in [-0.2, 0) is 4.79 Å². The van der Waals surface area contributed by atoms with Crippen molar-refractivity contribution in [2.75, 3.05) is 0 Å². The molecule has 0 heterocycles. The highest BCUT2D eigenvalue weighted by Gasteiger charge is 2.76. The smallest absolute Gasteiger partial charge is 0.424 e. The third kappa shape index (κ3) is 3.16. The zero-order chi connectivity index (χ0) is 15.8. The summed E-state index contributed by atoms with van der Waals surface area (Å²) in [6.45, 7) is 0. The number of rotatable bonds is 2. The number of esters is 1. The third-order valence-corrected chi connectivity index (χ3v) is 2.79. The number of hydrogen-bond acceptors (Lipinski definition) is 3. The second kappa shape index (κ2) is 5.39. The first-order valence-corrected chi connectivity index (χ1v) is 5.81. The average molecular weight is 414 g/mol. The van der Waals surface area contributed by atoms with E-state index in [0.717, 1.165) is 12.1 Å². The van der Waals surface area contributed by atoms with E-state index in [1.807, 2.05) is 0 Å². The number of ether oxygens (including phenoxy) is 1. The minimum absolute atomic E-state index is 0.412. The van der Waals surface area contributed by atoms with E-state index in [2.05, 4.69) is 4.74 Å². The van der Waals surface area contributed by atoms with Crippen LogP contribution in [0.1, 0.15) is 0 Å². The Morgan fingerprint density at radius 3 is 2.00 bits per heavy atom. The number of benzene rings is 1. The van der Waals surface area contributed by atoms with Crippen LogP contribution >= 0.6 is 22.6 Å². The van der Waals surface area contributed by atoms with Crippen LogP contribution in [0, 0.1) is 3.57 Å². The van der Waals surface area contributed by atoms with Crippen molar-refractivity contribution >= 4 is 28.6 Å². The fourth-order valence-electron chi connectivity index (χ4n) is 1.10. The summed E-state index contributed by atoms with van der Waals surface area (Å²) in [4.78, 5) is 11.1. The molecule has 0 atom stereocenters. The maximum absolute atomic E-state index is 12.4. The van der Waals surface area contributed by atoms with E-state index in [1.54, 1.807) is 22.6 Å². The molecule has 20 heavy (non-hydrogen) atoms. The summed E-state index contributed by atoms with van der Waals surface area (Å²) in [7, 11) is 0. The fraction of sp³-hybridized carbons (Fsp3) is 0.300. The van der Waals surface area contributed by atoms with Gasteiger partial charge in [0.2, 0.25) is 0 Å². The van der Waals surface area contributed by atoms with Gasteiger partial charge in [-0.05, 0) is 40.8 Å². The minimum atomic E-state index is -6.26. The highest BCUT2D eigenvalue weighted by molar-refractivity contribution is 14.1. The van der Waals surface area contributed by atoms with Gasteiger partial charge in [-0.1, -0.05) is 6.07 Å². The highest BCUT2D eigenvalue weighted by Crippen LogP contribution is 2.43. The van der Waals surface area contributed by atoms with Gasteiger partial charge < -0.3 is 9.84 Å². The van der Waals surface area contributed by atoms with Crippen LogP contribution in [0.5, 0.6) is 5.75 Å². The van der Waals surface area contributed by atoms with E-state index in [-0.39, 0.29) is 0 Å². The molecule has 0 saturated heterocycles. The molecular weight excluding hydrogens is 409 g/mol. The second-order valence-corrected chi connectivity index (χ2v) is 4.80. The van der Waals surface area contributed by atoms with Crippen molar-refractivity contribution in [3.05, 3.63) is 27.8 Å². The first kappa shape index (κ1) is 17.0. The lowest BCUT2D eigenvalue weighted by Gasteiger charge is -2.29. The van der Waals surface area contributed by atoms with Gasteiger partial charge in [0, 0.05) is 3.57 Å². The Labute approximate surface area is 121 Å². The van der Waals surface area contributed by atoms with Crippen LogP contribution in [0.25, 0.3) is 0 Å². The molecule has 1 aromatic rings. The topological polar surface area (TPSA) is 46.5 Å². The van der Waals surface area contributed by atoms with Crippen molar-refractivity contribution in [3.63, 3.8) is 0 Å². The molecular formula is C10H5F6IO3. The van der Waals surface area contributed by atoms with E-state index in [0.29, 0.717) is 3.57 Å². The number of aliphatic hydroxyl groups is 1. The summed E-state index contributed by atoms with van der Waals surface area (Å²) < 4.78 is 78.6. The number of carbonyl (C=O) groups is 1. The standard InChI is InChI=1S/C10H5F6IO3/c11-9(12,13)8(19,10(14,15)16)7(18)20-6-3-1-2-5(17)4-6/h1-4,19H. The molecule has 0 unspecified atom stereocenters. The lowest BCUT2D eigenvalue weighted by molar-refractivity contribution is -0.354. The van der Waals surface area contributed by atoms with Crippen LogP contribution in [-0.4, -0.2) is 29.0 Å². The van der Waals surface area contributed by atoms with Gasteiger partial charge in [0.1, 0.15) is 5.75 Å². The molecule has 0 aliphatic carbocycles. The van der Waals surface area contributed by atoms with Crippen molar-refractivity contribution in [3.8, 4) is 5.75 Å². The first-order chi connectivity index (χ1) is 8.89. The summed E-state index contributed by atoms with van der Waals surface area (Å²) in [5.41, 5.74) is -5.58. The highest BCUT2D eigenvalue weighted by atomic mass is 127. The SMILES string of the molecule is O=C(Oc1cccc(I)c1)C(O)(C(F)(F)F)C(F)(F)F. The molecule has 0 aliphatic heterocycles. The number of halogens is 7. The number of hydrogen-bond donors (Lipinski definition) is 1. The van der Waals surface area contributed by atoms with E-state index < -0.39 is 29.7 Å². The maximum Gasteiger partial charge on any atom is 0.437 e. The van der Waals surface area contributed by atoms with Gasteiger partial charge in [-0.15, -0.1) is 0 Å². The van der Waals surface area contributed by atoms with Crippen LogP contribution in [0.3, 0.4) is 0 Å². The monoisotopic (exact) mass is 414 g/mol. The normalized spacial score (nSPS) is 13.2. The Kier molecular flexibility index (Phi) is 4.58. The Morgan fingerprint density at radius 2 is 1.60 bits per heavy atom. The molecule has 0 spiro atoms. The summed E-state index contributed by atoms with van der Waals surface area (Å²) in [5, 5.41) is 8.76. The molecule has 10 heteroatoms. The van der Waals surface area contributed by atoms with Crippen molar-refractivity contribution < 1.29 is 41.0 Å². The molecule has 0 radical (unpaired) electrons. The van der Waals surface area contributed by atoms with Crippen LogP contribution < -0.4 is 4.74 Å². The Morgan fingerprint density at radius 1 is 1.10 bits per heavy atom. The molecule has 0 fully saturated rings. The summed E-state index contributed by atoms with van der Waals surface area (Å²) in [6.07, 6.45) is -12.5. The van der Waals surface area contributed by atoms with Gasteiger partial charge in [-0.3, -0.25) is 0 Å². The van der Waals surface area contributed by atoms with Crippen molar-refractivity contribution in [1.82, 2.24) is 0 Å². The molecule has 3 nitrogen and oxygen atoms in total. The molecule has 1 N–H and O–H groups in total. The van der Waals surface area contributed by atoms with Crippen LogP contribution in [0.2, 0.25) is 0 Å². The number of carbonyl (C=O) groups excluding carboxylic acids is 1. The lowest BCUT2D eigenvalue weighted by Crippen LogP contribution is -2.63. The summed E-state index contributed by atoms with van der Waals surface area (Å²) in [5.74, 6) is -3.41. The number of alkyl halides is 6. The molecule has 0 aromatic heterocycles. The molecule has 1 aromatic carbocycles. The van der Waals surface area contributed by atoms with Gasteiger partial charge in [-0.25, -0.2) is 4.79 Å². The lowest BCUT2D eigenvalue weighted by atomic mass is 10.0. The van der Waals surface area contributed by atoms with Gasteiger partial charge in [-0.2, -0.15) is 26.3 Å². The first-order valence-electron chi connectivity index (χ1n) is 4.73.